The van der Waals surface area contributed by atoms with Gasteiger partial charge in [-0.1, -0.05) is 19.1 Å². The van der Waals surface area contributed by atoms with Crippen LogP contribution in [0.4, 0.5) is 5.69 Å². The largest absolute Gasteiger partial charge is 0.459 e. The van der Waals surface area contributed by atoms with Gasteiger partial charge >= 0.3 is 0 Å². The van der Waals surface area contributed by atoms with Crippen molar-refractivity contribution < 1.29 is 14.0 Å². The van der Waals surface area contributed by atoms with E-state index in [9.17, 15) is 9.59 Å². The third kappa shape index (κ3) is 5.40. The average molecular weight is 352 g/mol. The van der Waals surface area contributed by atoms with Gasteiger partial charge < -0.3 is 20.8 Å². The van der Waals surface area contributed by atoms with Crippen molar-refractivity contribution in [1.82, 2.24) is 5.32 Å². The first-order chi connectivity index (χ1) is 11.0. The topological polar surface area (TPSA) is 97.4 Å². The summed E-state index contributed by atoms with van der Waals surface area (Å²) in [5, 5.41) is 5.57. The molecule has 0 saturated heterocycles. The first-order valence-electron chi connectivity index (χ1n) is 7.44. The predicted molar refractivity (Wildman–Crippen MR) is 95.0 cm³/mol. The van der Waals surface area contributed by atoms with Gasteiger partial charge in [0.25, 0.3) is 5.91 Å². The van der Waals surface area contributed by atoms with Crippen LogP contribution in [0.25, 0.3) is 0 Å². The molecule has 4 N–H and O–H groups in total. The Morgan fingerprint density at radius 3 is 2.38 bits per heavy atom. The number of hydrogen-bond donors (Lipinski definition) is 3. The van der Waals surface area contributed by atoms with Crippen LogP contribution in [0.2, 0.25) is 0 Å². The van der Waals surface area contributed by atoms with Gasteiger partial charge in [0.1, 0.15) is 0 Å². The van der Waals surface area contributed by atoms with E-state index in [1.807, 2.05) is 12.1 Å². The van der Waals surface area contributed by atoms with E-state index < -0.39 is 0 Å². The molecule has 1 heterocycles. The number of amides is 2. The Bertz CT molecular complexity index is 654. The molecule has 1 aromatic carbocycles. The molecule has 2 unspecified atom stereocenters. The highest BCUT2D eigenvalue weighted by atomic mass is 35.5. The summed E-state index contributed by atoms with van der Waals surface area (Å²) < 4.78 is 5.03. The van der Waals surface area contributed by atoms with Crippen LogP contribution < -0.4 is 16.4 Å². The van der Waals surface area contributed by atoms with Crippen LogP contribution in [0.1, 0.15) is 30.0 Å². The van der Waals surface area contributed by atoms with Crippen LogP contribution in [0.15, 0.2) is 47.1 Å². The molecule has 6 nitrogen and oxygen atoms in total. The maximum absolute atomic E-state index is 11.8. The van der Waals surface area contributed by atoms with E-state index in [4.69, 9.17) is 10.2 Å². The molecule has 2 rings (SSSR count). The minimum atomic E-state index is -0.304. The molecular formula is C17H22ClN3O3. The van der Waals surface area contributed by atoms with E-state index >= 15 is 0 Å². The zero-order valence-corrected chi connectivity index (χ0v) is 14.4. The van der Waals surface area contributed by atoms with Gasteiger partial charge in [0, 0.05) is 24.2 Å². The number of benzene rings is 1. The van der Waals surface area contributed by atoms with E-state index in [2.05, 4.69) is 10.6 Å². The maximum Gasteiger partial charge on any atom is 0.291 e. The first-order valence-corrected chi connectivity index (χ1v) is 7.44. The second-order valence-corrected chi connectivity index (χ2v) is 5.49. The summed E-state index contributed by atoms with van der Waals surface area (Å²) in [5.74, 6) is -0.356. The van der Waals surface area contributed by atoms with Crippen molar-refractivity contribution in [2.75, 3.05) is 5.32 Å². The molecule has 0 spiro atoms. The van der Waals surface area contributed by atoms with Crippen molar-refractivity contribution in [3.8, 4) is 0 Å². The van der Waals surface area contributed by atoms with Crippen molar-refractivity contribution in [2.45, 2.75) is 26.4 Å². The van der Waals surface area contributed by atoms with Gasteiger partial charge in [0.15, 0.2) is 5.76 Å². The molecule has 0 bridgehead atoms. The number of furan rings is 1. The third-order valence-electron chi connectivity index (χ3n) is 3.63. The molecule has 7 heteroatoms. The van der Waals surface area contributed by atoms with Crippen LogP contribution in [-0.4, -0.2) is 17.9 Å². The fourth-order valence-electron chi connectivity index (χ4n) is 1.90. The maximum atomic E-state index is 11.8. The summed E-state index contributed by atoms with van der Waals surface area (Å²) in [6, 6.07) is 10.3. The van der Waals surface area contributed by atoms with E-state index in [1.165, 1.54) is 6.26 Å². The molecule has 0 saturated carbocycles. The number of nitrogens with one attached hydrogen (secondary N) is 2. The van der Waals surface area contributed by atoms with Gasteiger partial charge in [-0.2, -0.15) is 0 Å². The van der Waals surface area contributed by atoms with Gasteiger partial charge in [0.05, 0.1) is 6.26 Å². The number of anilines is 1. The zero-order valence-electron chi connectivity index (χ0n) is 13.6. The van der Waals surface area contributed by atoms with Crippen molar-refractivity contribution in [3.05, 3.63) is 54.0 Å². The molecule has 1 aromatic heterocycles. The second-order valence-electron chi connectivity index (χ2n) is 5.49. The van der Waals surface area contributed by atoms with E-state index in [0.717, 1.165) is 5.56 Å². The monoisotopic (exact) mass is 351 g/mol. The lowest BCUT2D eigenvalue weighted by atomic mass is 10.0. The van der Waals surface area contributed by atoms with Gasteiger partial charge in [-0.25, -0.2) is 0 Å². The molecule has 0 aliphatic carbocycles. The van der Waals surface area contributed by atoms with Gasteiger partial charge in [-0.3, -0.25) is 9.59 Å². The SMILES string of the molecule is CC(N)C(C)C(=O)NCc1ccc(NC(=O)c2ccco2)cc1.Cl. The minimum absolute atomic E-state index is 0. The summed E-state index contributed by atoms with van der Waals surface area (Å²) in [7, 11) is 0. The Morgan fingerprint density at radius 1 is 1.17 bits per heavy atom. The molecule has 24 heavy (non-hydrogen) atoms. The summed E-state index contributed by atoms with van der Waals surface area (Å²) >= 11 is 0. The minimum Gasteiger partial charge on any atom is -0.459 e. The smallest absolute Gasteiger partial charge is 0.291 e. The quantitative estimate of drug-likeness (QED) is 0.745. The van der Waals surface area contributed by atoms with Crippen LogP contribution in [-0.2, 0) is 11.3 Å². The molecule has 0 aliphatic heterocycles. The zero-order chi connectivity index (χ0) is 16.8. The van der Waals surface area contributed by atoms with Gasteiger partial charge in [-0.15, -0.1) is 12.4 Å². The first kappa shape index (κ1) is 19.7. The molecule has 0 fully saturated rings. The fourth-order valence-corrected chi connectivity index (χ4v) is 1.90. The molecule has 0 radical (unpaired) electrons. The Hall–Kier alpha value is -2.31. The lowest BCUT2D eigenvalue weighted by molar-refractivity contribution is -0.125. The summed E-state index contributed by atoms with van der Waals surface area (Å²) in [5.41, 5.74) is 7.30. The Labute approximate surface area is 147 Å². The van der Waals surface area contributed by atoms with Crippen molar-refractivity contribution >= 4 is 29.9 Å². The highest BCUT2D eigenvalue weighted by Crippen LogP contribution is 2.12. The lowest BCUT2D eigenvalue weighted by Gasteiger charge is -2.15. The van der Waals surface area contributed by atoms with Crippen molar-refractivity contribution in [2.24, 2.45) is 11.7 Å². The molecule has 0 aliphatic rings. The van der Waals surface area contributed by atoms with Gasteiger partial charge in [0.2, 0.25) is 5.91 Å². The Morgan fingerprint density at radius 2 is 1.83 bits per heavy atom. The molecule has 2 aromatic rings. The number of carbonyl (C=O) groups excluding carboxylic acids is 2. The fraction of sp³-hybridized carbons (Fsp3) is 0.294. The van der Waals surface area contributed by atoms with Crippen LogP contribution in [0.3, 0.4) is 0 Å². The number of carbonyl (C=O) groups is 2. The number of halogens is 1. The molecule has 2 amide bonds. The number of rotatable bonds is 6. The Kier molecular flexibility index (Phi) is 7.48. The second kappa shape index (κ2) is 9.10. The van der Waals surface area contributed by atoms with E-state index in [1.54, 1.807) is 38.1 Å². The van der Waals surface area contributed by atoms with Crippen LogP contribution in [0, 0.1) is 5.92 Å². The van der Waals surface area contributed by atoms with Crippen LogP contribution >= 0.6 is 12.4 Å². The number of nitrogens with two attached hydrogens (primary N) is 1. The lowest BCUT2D eigenvalue weighted by Crippen LogP contribution is -2.38. The van der Waals surface area contributed by atoms with Crippen molar-refractivity contribution in [3.63, 3.8) is 0 Å². The number of hydrogen-bond acceptors (Lipinski definition) is 4. The van der Waals surface area contributed by atoms with Crippen LogP contribution in [0.5, 0.6) is 0 Å². The van der Waals surface area contributed by atoms with Crippen molar-refractivity contribution in [1.29, 1.82) is 0 Å². The van der Waals surface area contributed by atoms with E-state index in [0.29, 0.717) is 12.2 Å². The Balaban J connectivity index is 0.00000288. The molecule has 130 valence electrons. The average Bonchev–Trinajstić information content (AvgIpc) is 3.07. The summed E-state index contributed by atoms with van der Waals surface area (Å²) in [6.45, 7) is 4.02. The van der Waals surface area contributed by atoms with E-state index in [-0.39, 0.29) is 41.9 Å². The molecule has 2 atom stereocenters. The highest BCUT2D eigenvalue weighted by Gasteiger charge is 2.16. The molecular weight excluding hydrogens is 330 g/mol. The summed E-state index contributed by atoms with van der Waals surface area (Å²) in [6.07, 6.45) is 1.45. The standard InChI is InChI=1S/C17H21N3O3.ClH/c1-11(12(2)18)16(21)19-10-13-5-7-14(8-6-13)20-17(22)15-4-3-9-23-15;/h3-9,11-12H,10,18H2,1-2H3,(H,19,21)(H,20,22);1H. The summed E-state index contributed by atoms with van der Waals surface area (Å²) in [4.78, 5) is 23.7. The normalized spacial score (nSPS) is 12.6. The van der Waals surface area contributed by atoms with Gasteiger partial charge in [-0.05, 0) is 36.8 Å². The highest BCUT2D eigenvalue weighted by molar-refractivity contribution is 6.02. The predicted octanol–water partition coefficient (Wildman–Crippen LogP) is 2.55. The third-order valence-corrected chi connectivity index (χ3v) is 3.63.